The van der Waals surface area contributed by atoms with Crippen molar-refractivity contribution in [2.75, 3.05) is 27.7 Å². The Kier molecular flexibility index (Phi) is 8.29. The first-order valence-electron chi connectivity index (χ1n) is 12.0. The number of likely N-dealkylation sites (N-methyl/N-ethyl adjacent to an activating group) is 1. The van der Waals surface area contributed by atoms with Crippen LogP contribution in [0.3, 0.4) is 0 Å². The Morgan fingerprint density at radius 1 is 1.14 bits per heavy atom. The largest absolute Gasteiger partial charge is 0.349 e. The van der Waals surface area contributed by atoms with E-state index in [0.29, 0.717) is 34.9 Å². The first-order chi connectivity index (χ1) is 17.2. The van der Waals surface area contributed by atoms with E-state index in [9.17, 15) is 14.4 Å². The molecule has 36 heavy (non-hydrogen) atoms. The third-order valence-corrected chi connectivity index (χ3v) is 7.89. The molecule has 3 unspecified atom stereocenters. The molecule has 1 aliphatic carbocycles. The van der Waals surface area contributed by atoms with Gasteiger partial charge in [0.25, 0.3) is 11.8 Å². The van der Waals surface area contributed by atoms with Crippen molar-refractivity contribution in [2.24, 2.45) is 5.92 Å². The van der Waals surface area contributed by atoms with E-state index in [-0.39, 0.29) is 23.8 Å². The molecule has 8 nitrogen and oxygen atoms in total. The summed E-state index contributed by atoms with van der Waals surface area (Å²) in [6, 6.07) is 6.17. The quantitative estimate of drug-likeness (QED) is 0.595. The van der Waals surface area contributed by atoms with Crippen LogP contribution in [0.25, 0.3) is 0 Å². The van der Waals surface area contributed by atoms with Crippen LogP contribution in [0.1, 0.15) is 45.2 Å². The van der Waals surface area contributed by atoms with E-state index < -0.39 is 11.9 Å². The Morgan fingerprint density at radius 2 is 1.89 bits per heavy atom. The first-order valence-corrected chi connectivity index (χ1v) is 13.2. The molecule has 2 N–H and O–H groups in total. The van der Waals surface area contributed by atoms with Gasteiger partial charge in [0.2, 0.25) is 5.91 Å². The summed E-state index contributed by atoms with van der Waals surface area (Å²) in [5.74, 6) is 4.54. The van der Waals surface area contributed by atoms with Crippen LogP contribution in [-0.2, 0) is 22.6 Å². The lowest BCUT2D eigenvalue weighted by molar-refractivity contribution is -0.134. The van der Waals surface area contributed by atoms with E-state index >= 15 is 0 Å². The first kappa shape index (κ1) is 26.1. The predicted octanol–water partition coefficient (Wildman–Crippen LogP) is 2.31. The third kappa shape index (κ3) is 6.44. The lowest BCUT2D eigenvalue weighted by Crippen LogP contribution is -2.55. The summed E-state index contributed by atoms with van der Waals surface area (Å²) in [4.78, 5) is 47.9. The van der Waals surface area contributed by atoms with Crippen LogP contribution in [0.5, 0.6) is 0 Å². The number of hydrogen-bond acceptors (Lipinski definition) is 6. The van der Waals surface area contributed by atoms with Crippen LogP contribution in [0, 0.1) is 17.8 Å². The minimum Gasteiger partial charge on any atom is -0.349 e. The van der Waals surface area contributed by atoms with Crippen molar-refractivity contribution in [1.29, 1.82) is 0 Å². The highest BCUT2D eigenvalue weighted by atomic mass is 35.5. The number of amides is 3. The normalized spacial score (nSPS) is 21.5. The molecule has 1 aromatic heterocycles. The van der Waals surface area contributed by atoms with Crippen molar-refractivity contribution < 1.29 is 14.4 Å². The molecular weight excluding hydrogens is 498 g/mol. The van der Waals surface area contributed by atoms with Gasteiger partial charge in [0.1, 0.15) is 0 Å². The van der Waals surface area contributed by atoms with E-state index in [1.165, 1.54) is 11.3 Å². The van der Waals surface area contributed by atoms with E-state index in [1.807, 2.05) is 0 Å². The van der Waals surface area contributed by atoms with Gasteiger partial charge in [-0.05, 0) is 50.6 Å². The fourth-order valence-electron chi connectivity index (χ4n) is 4.61. The maximum atomic E-state index is 13.2. The summed E-state index contributed by atoms with van der Waals surface area (Å²) in [6.45, 7) is 1.70. The Hall–Kier alpha value is -2.93. The van der Waals surface area contributed by atoms with Gasteiger partial charge in [-0.2, -0.15) is 0 Å². The third-order valence-electron chi connectivity index (χ3n) is 6.55. The molecule has 10 heteroatoms. The zero-order chi connectivity index (χ0) is 25.8. The van der Waals surface area contributed by atoms with Crippen LogP contribution >= 0.6 is 22.9 Å². The number of fused-ring (bicyclic) bond motifs is 1. The maximum Gasteiger partial charge on any atom is 0.296 e. The molecule has 1 aliphatic heterocycles. The van der Waals surface area contributed by atoms with Crippen molar-refractivity contribution in [3.63, 3.8) is 0 Å². The number of aromatic nitrogens is 1. The number of nitrogens with one attached hydrogen (secondary N) is 2. The summed E-state index contributed by atoms with van der Waals surface area (Å²) in [5.41, 5.74) is 1.66. The summed E-state index contributed by atoms with van der Waals surface area (Å²) in [7, 11) is 5.51. The monoisotopic (exact) mass is 527 g/mol. The number of carbonyl (C=O) groups is 3. The average Bonchev–Trinajstić information content (AvgIpc) is 3.27. The Bertz CT molecular complexity index is 1200. The average molecular weight is 528 g/mol. The molecule has 0 radical (unpaired) electrons. The van der Waals surface area contributed by atoms with Gasteiger partial charge in [-0.25, -0.2) is 4.98 Å². The van der Waals surface area contributed by atoms with E-state index in [0.717, 1.165) is 30.1 Å². The van der Waals surface area contributed by atoms with Crippen LogP contribution in [-0.4, -0.2) is 72.3 Å². The number of halogens is 1. The highest BCUT2D eigenvalue weighted by Crippen LogP contribution is 2.28. The second-order valence-corrected chi connectivity index (χ2v) is 11.1. The summed E-state index contributed by atoms with van der Waals surface area (Å²) in [6.07, 6.45) is 2.44. The highest BCUT2D eigenvalue weighted by molar-refractivity contribution is 7.13. The van der Waals surface area contributed by atoms with Gasteiger partial charge in [0, 0.05) is 60.9 Å². The summed E-state index contributed by atoms with van der Waals surface area (Å²) >= 11 is 7.31. The molecule has 2 heterocycles. The second kappa shape index (κ2) is 11.4. The Morgan fingerprint density at radius 3 is 2.61 bits per heavy atom. The molecule has 1 fully saturated rings. The van der Waals surface area contributed by atoms with Gasteiger partial charge in [0.05, 0.1) is 17.8 Å². The predicted molar refractivity (Wildman–Crippen MR) is 140 cm³/mol. The molecule has 0 bridgehead atoms. The van der Waals surface area contributed by atoms with E-state index in [1.54, 1.807) is 43.3 Å². The van der Waals surface area contributed by atoms with Crippen LogP contribution in [0.2, 0.25) is 5.02 Å². The lowest BCUT2D eigenvalue weighted by atomic mass is 9.81. The number of carbonyl (C=O) groups excluding carboxylic acids is 3. The standard InChI is InChI=1S/C26H30ClN5O3S/c1-31(2)26(35)17-7-10-19(28-23(33)11-6-16-4-8-18(27)9-5-16)21(14-17)29-24(34)25-30-20-12-13-32(3)15-22(20)36-25/h4-5,8-9,17,19,21H,7,10,12-15H2,1-3H3,(H,28,33)(H,29,34). The Labute approximate surface area is 220 Å². The SMILES string of the molecule is CN1CCc2nc(C(=O)NC3CC(C(=O)N(C)C)CCC3NC(=O)C#Cc3ccc(Cl)cc3)sc2C1. The lowest BCUT2D eigenvalue weighted by Gasteiger charge is -2.36. The second-order valence-electron chi connectivity index (χ2n) is 9.54. The fourth-order valence-corrected chi connectivity index (χ4v) is 5.83. The van der Waals surface area contributed by atoms with Gasteiger partial charge < -0.3 is 20.4 Å². The molecule has 1 aromatic carbocycles. The minimum atomic E-state index is -0.431. The molecule has 2 aliphatic rings. The van der Waals surface area contributed by atoms with Crippen LogP contribution in [0.15, 0.2) is 24.3 Å². The fraction of sp³-hybridized carbons (Fsp3) is 0.462. The summed E-state index contributed by atoms with van der Waals surface area (Å²) in [5, 5.41) is 7.03. The molecule has 4 rings (SSSR count). The molecule has 3 atom stereocenters. The van der Waals surface area contributed by atoms with Crippen LogP contribution < -0.4 is 10.6 Å². The molecule has 0 spiro atoms. The van der Waals surface area contributed by atoms with Crippen molar-refractivity contribution >= 4 is 40.7 Å². The molecule has 0 saturated heterocycles. The van der Waals surface area contributed by atoms with Crippen molar-refractivity contribution in [3.8, 4) is 11.8 Å². The van der Waals surface area contributed by atoms with Gasteiger partial charge in [-0.15, -0.1) is 11.3 Å². The number of thiazole rings is 1. The minimum absolute atomic E-state index is 0.0225. The van der Waals surface area contributed by atoms with Gasteiger partial charge in [0.15, 0.2) is 5.01 Å². The van der Waals surface area contributed by atoms with Crippen LogP contribution in [0.4, 0.5) is 0 Å². The maximum absolute atomic E-state index is 13.2. The molecular formula is C26H30ClN5O3S. The van der Waals surface area contributed by atoms with E-state index in [4.69, 9.17) is 11.6 Å². The zero-order valence-electron chi connectivity index (χ0n) is 20.6. The van der Waals surface area contributed by atoms with Crippen molar-refractivity contribution in [2.45, 2.75) is 44.3 Å². The van der Waals surface area contributed by atoms with E-state index in [2.05, 4.69) is 39.4 Å². The smallest absolute Gasteiger partial charge is 0.296 e. The number of rotatable bonds is 4. The van der Waals surface area contributed by atoms with Gasteiger partial charge in [-0.1, -0.05) is 17.5 Å². The van der Waals surface area contributed by atoms with Gasteiger partial charge >= 0.3 is 0 Å². The molecule has 3 amide bonds. The molecule has 2 aromatic rings. The number of hydrogen-bond donors (Lipinski definition) is 2. The highest BCUT2D eigenvalue weighted by Gasteiger charge is 2.36. The van der Waals surface area contributed by atoms with Crippen molar-refractivity contribution in [1.82, 2.24) is 25.4 Å². The van der Waals surface area contributed by atoms with Crippen molar-refractivity contribution in [3.05, 3.63) is 50.4 Å². The molecule has 190 valence electrons. The summed E-state index contributed by atoms with van der Waals surface area (Å²) < 4.78 is 0. The number of nitrogens with zero attached hydrogens (tertiary/aromatic N) is 3. The number of benzene rings is 1. The molecule has 1 saturated carbocycles. The zero-order valence-corrected chi connectivity index (χ0v) is 22.2. The Balaban J connectivity index is 1.47. The van der Waals surface area contributed by atoms with Gasteiger partial charge in [-0.3, -0.25) is 14.4 Å². The topological polar surface area (TPSA) is 94.6 Å².